The minimum atomic E-state index is -0.224. The molecule has 2 unspecified atom stereocenters. The SMILES string of the molecule is COC1CC2(CC(=O)C=CO2)C12CCC2. The van der Waals surface area contributed by atoms with Gasteiger partial charge < -0.3 is 9.47 Å². The van der Waals surface area contributed by atoms with E-state index >= 15 is 0 Å². The summed E-state index contributed by atoms with van der Waals surface area (Å²) in [6.07, 6.45) is 8.37. The minimum Gasteiger partial charge on any atom is -0.493 e. The lowest BCUT2D eigenvalue weighted by atomic mass is 9.44. The third-order valence-electron chi connectivity index (χ3n) is 4.58. The molecule has 2 atom stereocenters. The molecule has 0 aromatic carbocycles. The zero-order valence-corrected chi connectivity index (χ0v) is 8.99. The van der Waals surface area contributed by atoms with Crippen molar-refractivity contribution in [3.05, 3.63) is 12.3 Å². The van der Waals surface area contributed by atoms with Gasteiger partial charge in [0.1, 0.15) is 5.60 Å². The topological polar surface area (TPSA) is 35.5 Å². The number of ether oxygens (including phenoxy) is 2. The molecule has 0 bridgehead atoms. The number of hydrogen-bond donors (Lipinski definition) is 0. The number of rotatable bonds is 1. The molecule has 1 heterocycles. The lowest BCUT2D eigenvalue weighted by Crippen LogP contribution is -2.71. The molecule has 0 saturated heterocycles. The first-order valence-corrected chi connectivity index (χ1v) is 5.62. The number of methoxy groups -OCH3 is 1. The maximum Gasteiger partial charge on any atom is 0.162 e. The Morgan fingerprint density at radius 2 is 2.33 bits per heavy atom. The van der Waals surface area contributed by atoms with Gasteiger partial charge in [-0.25, -0.2) is 0 Å². The molecule has 0 aromatic rings. The molecule has 2 aliphatic carbocycles. The van der Waals surface area contributed by atoms with Crippen LogP contribution in [0.5, 0.6) is 0 Å². The van der Waals surface area contributed by atoms with Gasteiger partial charge in [-0.2, -0.15) is 0 Å². The molecule has 1 aliphatic heterocycles. The third kappa shape index (κ3) is 0.969. The van der Waals surface area contributed by atoms with Crippen LogP contribution in [0, 0.1) is 5.41 Å². The molecule has 0 amide bonds. The van der Waals surface area contributed by atoms with E-state index in [1.54, 1.807) is 13.4 Å². The summed E-state index contributed by atoms with van der Waals surface area (Å²) in [5.74, 6) is 0.196. The molecule has 15 heavy (non-hydrogen) atoms. The van der Waals surface area contributed by atoms with Gasteiger partial charge in [-0.3, -0.25) is 4.79 Å². The number of carbonyl (C=O) groups excluding carboxylic acids is 1. The molecule has 3 rings (SSSR count). The van der Waals surface area contributed by atoms with Gasteiger partial charge in [-0.1, -0.05) is 6.42 Å². The van der Waals surface area contributed by atoms with Crippen molar-refractivity contribution in [1.29, 1.82) is 0 Å². The zero-order valence-electron chi connectivity index (χ0n) is 8.99. The molecule has 0 N–H and O–H groups in total. The Kier molecular flexibility index (Phi) is 1.78. The molecule has 3 nitrogen and oxygen atoms in total. The summed E-state index contributed by atoms with van der Waals surface area (Å²) in [6, 6.07) is 0. The first-order chi connectivity index (χ1) is 7.22. The summed E-state index contributed by atoms with van der Waals surface area (Å²) in [4.78, 5) is 11.5. The molecule has 2 fully saturated rings. The fraction of sp³-hybridized carbons (Fsp3) is 0.750. The second-order valence-electron chi connectivity index (χ2n) is 5.00. The smallest absolute Gasteiger partial charge is 0.162 e. The van der Waals surface area contributed by atoms with Gasteiger partial charge in [0.25, 0.3) is 0 Å². The van der Waals surface area contributed by atoms with Crippen LogP contribution < -0.4 is 0 Å². The zero-order chi connectivity index (χ0) is 10.5. The van der Waals surface area contributed by atoms with Crippen LogP contribution in [0.2, 0.25) is 0 Å². The fourth-order valence-electron chi connectivity index (χ4n) is 3.54. The molecule has 2 saturated carbocycles. The number of hydrogen-bond acceptors (Lipinski definition) is 3. The fourth-order valence-corrected chi connectivity index (χ4v) is 3.54. The molecular formula is C12H16O3. The van der Waals surface area contributed by atoms with Crippen LogP contribution in [-0.4, -0.2) is 24.6 Å². The number of allylic oxidation sites excluding steroid dienone is 1. The normalized spacial score (nSPS) is 41.1. The Morgan fingerprint density at radius 3 is 2.87 bits per heavy atom. The van der Waals surface area contributed by atoms with Crippen molar-refractivity contribution in [3.63, 3.8) is 0 Å². The van der Waals surface area contributed by atoms with E-state index in [0.717, 1.165) is 19.3 Å². The van der Waals surface area contributed by atoms with Crippen LogP contribution >= 0.6 is 0 Å². The van der Waals surface area contributed by atoms with Gasteiger partial charge in [0, 0.05) is 25.0 Å². The van der Waals surface area contributed by atoms with Crippen molar-refractivity contribution >= 4 is 5.78 Å². The molecule has 2 spiro atoms. The first-order valence-electron chi connectivity index (χ1n) is 5.62. The minimum absolute atomic E-state index is 0.141. The number of carbonyl (C=O) groups is 1. The quantitative estimate of drug-likeness (QED) is 0.659. The molecular weight excluding hydrogens is 192 g/mol. The molecule has 82 valence electrons. The molecule has 0 aromatic heterocycles. The summed E-state index contributed by atoms with van der Waals surface area (Å²) in [6.45, 7) is 0. The Balaban J connectivity index is 1.88. The second-order valence-corrected chi connectivity index (χ2v) is 5.00. The average molecular weight is 208 g/mol. The highest BCUT2D eigenvalue weighted by atomic mass is 16.5. The van der Waals surface area contributed by atoms with E-state index in [0.29, 0.717) is 12.5 Å². The van der Waals surface area contributed by atoms with Crippen LogP contribution in [0.1, 0.15) is 32.1 Å². The van der Waals surface area contributed by atoms with Gasteiger partial charge in [0.15, 0.2) is 5.78 Å². The second kappa shape index (κ2) is 2.85. The summed E-state index contributed by atoms with van der Waals surface area (Å²) in [7, 11) is 1.76. The maximum absolute atomic E-state index is 11.5. The van der Waals surface area contributed by atoms with Gasteiger partial charge in [-0.05, 0) is 12.8 Å². The van der Waals surface area contributed by atoms with E-state index in [-0.39, 0.29) is 16.8 Å². The maximum atomic E-state index is 11.5. The van der Waals surface area contributed by atoms with Crippen molar-refractivity contribution in [2.24, 2.45) is 5.41 Å². The van der Waals surface area contributed by atoms with Crippen molar-refractivity contribution in [2.75, 3.05) is 7.11 Å². The van der Waals surface area contributed by atoms with E-state index in [4.69, 9.17) is 9.47 Å². The van der Waals surface area contributed by atoms with Crippen LogP contribution in [-0.2, 0) is 14.3 Å². The first kappa shape index (κ1) is 9.40. The molecule has 3 aliphatic rings. The highest BCUT2D eigenvalue weighted by molar-refractivity contribution is 5.91. The summed E-state index contributed by atoms with van der Waals surface area (Å²) < 4.78 is 11.3. The van der Waals surface area contributed by atoms with Crippen molar-refractivity contribution in [1.82, 2.24) is 0 Å². The van der Waals surface area contributed by atoms with E-state index in [2.05, 4.69) is 0 Å². The van der Waals surface area contributed by atoms with Gasteiger partial charge in [-0.15, -0.1) is 0 Å². The summed E-state index contributed by atoms with van der Waals surface area (Å²) in [5.41, 5.74) is -0.0834. The monoisotopic (exact) mass is 208 g/mol. The lowest BCUT2D eigenvalue weighted by molar-refractivity contribution is -0.285. The van der Waals surface area contributed by atoms with Gasteiger partial charge >= 0.3 is 0 Å². The van der Waals surface area contributed by atoms with Crippen molar-refractivity contribution in [2.45, 2.75) is 43.8 Å². The van der Waals surface area contributed by atoms with Crippen LogP contribution in [0.3, 0.4) is 0 Å². The van der Waals surface area contributed by atoms with E-state index < -0.39 is 0 Å². The van der Waals surface area contributed by atoms with Gasteiger partial charge in [0.2, 0.25) is 0 Å². The Labute approximate surface area is 89.4 Å². The van der Waals surface area contributed by atoms with Crippen LogP contribution in [0.25, 0.3) is 0 Å². The van der Waals surface area contributed by atoms with Crippen LogP contribution in [0.4, 0.5) is 0 Å². The predicted octanol–water partition coefficient (Wildman–Crippen LogP) is 1.82. The Bertz CT molecular complexity index is 330. The van der Waals surface area contributed by atoms with E-state index in [9.17, 15) is 4.79 Å². The standard InChI is InChI=1S/C12H16O3/c1-14-10-8-12(11(10)4-2-5-11)7-9(13)3-6-15-12/h3,6,10H,2,4-5,7-8H2,1H3. The highest BCUT2D eigenvalue weighted by Crippen LogP contribution is 2.66. The molecule has 0 radical (unpaired) electrons. The molecule has 3 heteroatoms. The number of ketones is 1. The summed E-state index contributed by atoms with van der Waals surface area (Å²) >= 11 is 0. The van der Waals surface area contributed by atoms with Crippen molar-refractivity contribution in [3.8, 4) is 0 Å². The Morgan fingerprint density at radius 1 is 1.53 bits per heavy atom. The van der Waals surface area contributed by atoms with Crippen molar-refractivity contribution < 1.29 is 14.3 Å². The van der Waals surface area contributed by atoms with Gasteiger partial charge in [0.05, 0.1) is 18.8 Å². The van der Waals surface area contributed by atoms with E-state index in [1.807, 2.05) is 0 Å². The van der Waals surface area contributed by atoms with Crippen LogP contribution in [0.15, 0.2) is 12.3 Å². The predicted molar refractivity (Wildman–Crippen MR) is 54.3 cm³/mol. The summed E-state index contributed by atoms with van der Waals surface area (Å²) in [5, 5.41) is 0. The van der Waals surface area contributed by atoms with E-state index in [1.165, 1.54) is 12.5 Å². The Hall–Kier alpha value is -0.830. The third-order valence-corrected chi connectivity index (χ3v) is 4.58. The average Bonchev–Trinajstić information content (AvgIpc) is 2.11. The highest BCUT2D eigenvalue weighted by Gasteiger charge is 2.70. The number of fused-ring (bicyclic) bond motifs is 1. The largest absolute Gasteiger partial charge is 0.493 e. The lowest BCUT2D eigenvalue weighted by Gasteiger charge is -2.67.